The van der Waals surface area contributed by atoms with E-state index in [-0.39, 0.29) is 22.6 Å². The normalized spacial score (nSPS) is 12.5. The molecule has 1 aliphatic rings. The molecule has 33 heavy (non-hydrogen) atoms. The van der Waals surface area contributed by atoms with Crippen LogP contribution >= 0.6 is 0 Å². The number of amides is 4. The maximum absolute atomic E-state index is 13.2. The quantitative estimate of drug-likeness (QED) is 0.578. The maximum Gasteiger partial charge on any atom is 0.266 e. The molecule has 3 aromatic rings. The summed E-state index contributed by atoms with van der Waals surface area (Å²) in [6.07, 6.45) is 0. The van der Waals surface area contributed by atoms with Crippen LogP contribution in [0.5, 0.6) is 0 Å². The number of nitrogens with zero attached hydrogens (tertiary/aromatic N) is 1. The van der Waals surface area contributed by atoms with Crippen molar-refractivity contribution in [2.24, 2.45) is 0 Å². The topological polar surface area (TPSA) is 95.6 Å². The van der Waals surface area contributed by atoms with Crippen LogP contribution in [0.15, 0.2) is 54.6 Å². The van der Waals surface area contributed by atoms with E-state index in [1.165, 1.54) is 25.1 Å². The van der Waals surface area contributed by atoms with Crippen molar-refractivity contribution in [1.29, 1.82) is 0 Å². The van der Waals surface area contributed by atoms with Crippen molar-refractivity contribution in [1.82, 2.24) is 0 Å². The highest BCUT2D eigenvalue weighted by Gasteiger charge is 2.37. The molecule has 2 N–H and O–H groups in total. The number of fused-ring (bicyclic) bond motifs is 1. The van der Waals surface area contributed by atoms with E-state index >= 15 is 0 Å². The molecule has 7 nitrogen and oxygen atoms in total. The summed E-state index contributed by atoms with van der Waals surface area (Å²) in [5.74, 6) is -1.60. The van der Waals surface area contributed by atoms with Gasteiger partial charge >= 0.3 is 0 Å². The van der Waals surface area contributed by atoms with Crippen molar-refractivity contribution in [3.63, 3.8) is 0 Å². The van der Waals surface area contributed by atoms with Gasteiger partial charge < -0.3 is 10.6 Å². The second kappa shape index (κ2) is 8.35. The van der Waals surface area contributed by atoms with Crippen LogP contribution in [0.4, 0.5) is 17.1 Å². The summed E-state index contributed by atoms with van der Waals surface area (Å²) in [7, 11) is 0. The summed E-state index contributed by atoms with van der Waals surface area (Å²) < 4.78 is 0. The summed E-state index contributed by atoms with van der Waals surface area (Å²) in [5, 5.41) is 5.47. The Morgan fingerprint density at radius 3 is 2.12 bits per heavy atom. The fraction of sp³-hybridized carbons (Fsp3) is 0.154. The predicted molar refractivity (Wildman–Crippen MR) is 127 cm³/mol. The number of nitrogens with one attached hydrogen (secondary N) is 2. The van der Waals surface area contributed by atoms with Crippen molar-refractivity contribution in [2.75, 3.05) is 15.5 Å². The maximum atomic E-state index is 13.2. The molecule has 1 heterocycles. The van der Waals surface area contributed by atoms with Crippen LogP contribution in [-0.2, 0) is 4.79 Å². The molecular weight excluding hydrogens is 418 g/mol. The van der Waals surface area contributed by atoms with Gasteiger partial charge in [-0.05, 0) is 73.9 Å². The van der Waals surface area contributed by atoms with Crippen LogP contribution in [0.1, 0.15) is 54.7 Å². The van der Waals surface area contributed by atoms with E-state index in [4.69, 9.17) is 0 Å². The first kappa shape index (κ1) is 22.0. The number of anilines is 3. The van der Waals surface area contributed by atoms with Gasteiger partial charge in [0.25, 0.3) is 17.7 Å². The molecule has 0 aromatic heterocycles. The minimum Gasteiger partial charge on any atom is -0.325 e. The summed E-state index contributed by atoms with van der Waals surface area (Å²) in [6.45, 7) is 6.99. The lowest BCUT2D eigenvalue weighted by atomic mass is 10.0. The van der Waals surface area contributed by atoms with Crippen molar-refractivity contribution in [3.05, 3.63) is 88.0 Å². The molecule has 0 unspecified atom stereocenters. The molecule has 7 heteroatoms. The zero-order valence-corrected chi connectivity index (χ0v) is 18.8. The number of benzene rings is 3. The van der Waals surface area contributed by atoms with Crippen LogP contribution in [-0.4, -0.2) is 23.6 Å². The number of aryl methyl sites for hydroxylation is 3. The molecule has 0 spiro atoms. The molecular formula is C26H23N3O4. The molecule has 1 aliphatic heterocycles. The molecule has 0 saturated carbocycles. The highest BCUT2D eigenvalue weighted by molar-refractivity contribution is 6.35. The smallest absolute Gasteiger partial charge is 0.266 e. The van der Waals surface area contributed by atoms with E-state index in [0.29, 0.717) is 17.1 Å². The van der Waals surface area contributed by atoms with Gasteiger partial charge in [0.05, 0.1) is 28.2 Å². The van der Waals surface area contributed by atoms with Gasteiger partial charge in [0.1, 0.15) is 0 Å². The molecule has 0 atom stereocenters. The van der Waals surface area contributed by atoms with Crippen molar-refractivity contribution in [2.45, 2.75) is 27.7 Å². The standard InChI is InChI=1S/C26H23N3O4/c1-14-6-10-21(27-17(4)30)22(11-14)28-24(31)18-8-9-19-20(13-18)26(33)29(25(19)32)23-12-15(2)5-7-16(23)3/h5-13H,1-4H3,(H,27,30)(H,28,31). The van der Waals surface area contributed by atoms with E-state index in [9.17, 15) is 19.2 Å². The Bertz CT molecular complexity index is 1340. The van der Waals surface area contributed by atoms with E-state index in [1.54, 1.807) is 18.2 Å². The average Bonchev–Trinajstić information content (AvgIpc) is 3.01. The van der Waals surface area contributed by atoms with Gasteiger partial charge in [-0.3, -0.25) is 19.2 Å². The van der Waals surface area contributed by atoms with Gasteiger partial charge in [-0.25, -0.2) is 4.90 Å². The van der Waals surface area contributed by atoms with Crippen molar-refractivity contribution < 1.29 is 19.2 Å². The Labute approximate surface area is 191 Å². The largest absolute Gasteiger partial charge is 0.325 e. The summed E-state index contributed by atoms with van der Waals surface area (Å²) in [5.41, 5.74) is 4.74. The lowest BCUT2D eigenvalue weighted by Gasteiger charge is -2.17. The lowest BCUT2D eigenvalue weighted by molar-refractivity contribution is -0.114. The Morgan fingerprint density at radius 1 is 0.727 bits per heavy atom. The Hall–Kier alpha value is -4.26. The molecule has 4 rings (SSSR count). The van der Waals surface area contributed by atoms with Gasteiger partial charge in [0, 0.05) is 12.5 Å². The third kappa shape index (κ3) is 4.13. The molecule has 0 aliphatic carbocycles. The molecule has 4 amide bonds. The Balaban J connectivity index is 1.65. The number of rotatable bonds is 4. The van der Waals surface area contributed by atoms with Gasteiger partial charge in [0.15, 0.2) is 0 Å². The number of hydrogen-bond acceptors (Lipinski definition) is 4. The second-order valence-corrected chi connectivity index (χ2v) is 8.18. The summed E-state index contributed by atoms with van der Waals surface area (Å²) in [6, 6.07) is 15.3. The first-order valence-corrected chi connectivity index (χ1v) is 10.5. The minimum absolute atomic E-state index is 0.180. The van der Waals surface area contributed by atoms with Crippen LogP contribution in [0.2, 0.25) is 0 Å². The van der Waals surface area contributed by atoms with Crippen molar-refractivity contribution in [3.8, 4) is 0 Å². The van der Waals surface area contributed by atoms with E-state index in [1.807, 2.05) is 39.0 Å². The molecule has 166 valence electrons. The fourth-order valence-corrected chi connectivity index (χ4v) is 3.82. The van der Waals surface area contributed by atoms with Crippen LogP contribution < -0.4 is 15.5 Å². The molecule has 0 bridgehead atoms. The Morgan fingerprint density at radius 2 is 1.39 bits per heavy atom. The first-order chi connectivity index (χ1) is 15.7. The summed E-state index contributed by atoms with van der Waals surface area (Å²) >= 11 is 0. The molecule has 0 fully saturated rings. The van der Waals surface area contributed by atoms with Gasteiger partial charge in [-0.1, -0.05) is 18.2 Å². The Kier molecular flexibility index (Phi) is 5.55. The average molecular weight is 441 g/mol. The van der Waals surface area contributed by atoms with E-state index in [0.717, 1.165) is 21.6 Å². The van der Waals surface area contributed by atoms with Gasteiger partial charge in [-0.15, -0.1) is 0 Å². The van der Waals surface area contributed by atoms with Gasteiger partial charge in [-0.2, -0.15) is 0 Å². The third-order valence-electron chi connectivity index (χ3n) is 5.49. The fourth-order valence-electron chi connectivity index (χ4n) is 3.82. The van der Waals surface area contributed by atoms with E-state index < -0.39 is 17.7 Å². The lowest BCUT2D eigenvalue weighted by Crippen LogP contribution is -2.30. The van der Waals surface area contributed by atoms with Crippen LogP contribution in [0.3, 0.4) is 0 Å². The van der Waals surface area contributed by atoms with Gasteiger partial charge in [0.2, 0.25) is 5.91 Å². The van der Waals surface area contributed by atoms with Crippen molar-refractivity contribution >= 4 is 40.7 Å². The third-order valence-corrected chi connectivity index (χ3v) is 5.49. The number of imide groups is 1. The predicted octanol–water partition coefficient (Wildman–Crippen LogP) is 4.62. The zero-order valence-electron chi connectivity index (χ0n) is 18.8. The highest BCUT2D eigenvalue weighted by atomic mass is 16.2. The molecule has 0 radical (unpaired) electrons. The van der Waals surface area contributed by atoms with E-state index in [2.05, 4.69) is 10.6 Å². The first-order valence-electron chi connectivity index (χ1n) is 10.5. The number of hydrogen-bond donors (Lipinski definition) is 2. The van der Waals surface area contributed by atoms with Crippen LogP contribution in [0.25, 0.3) is 0 Å². The number of carbonyl (C=O) groups excluding carboxylic acids is 4. The monoisotopic (exact) mass is 441 g/mol. The second-order valence-electron chi connectivity index (χ2n) is 8.18. The highest BCUT2D eigenvalue weighted by Crippen LogP contribution is 2.32. The summed E-state index contributed by atoms with van der Waals surface area (Å²) in [4.78, 5) is 51.8. The van der Waals surface area contributed by atoms with Crippen LogP contribution in [0, 0.1) is 20.8 Å². The molecule has 0 saturated heterocycles. The number of carbonyl (C=O) groups is 4. The minimum atomic E-state index is -0.465. The molecule has 3 aromatic carbocycles. The zero-order chi connectivity index (χ0) is 23.9. The SMILES string of the molecule is CC(=O)Nc1ccc(C)cc1NC(=O)c1ccc2c(c1)C(=O)N(c1cc(C)ccc1C)C2=O.